The van der Waals surface area contributed by atoms with Crippen LogP contribution in [0.2, 0.25) is 0 Å². The predicted molar refractivity (Wildman–Crippen MR) is 45.6 cm³/mol. The van der Waals surface area contributed by atoms with E-state index >= 15 is 0 Å². The lowest BCUT2D eigenvalue weighted by Crippen LogP contribution is -2.37. The standard InChI is InChI=1S/C10H13NO2/c1-10-6-3-2-5(4-6)7(10)8(12)11-9(10)13/h5-7H,2-4H2,1H3,(H,11,12,13)/t5-,6-,7+,10-/m0/s1. The summed E-state index contributed by atoms with van der Waals surface area (Å²) in [5.74, 6) is 0.920. The molecule has 4 atom stereocenters. The summed E-state index contributed by atoms with van der Waals surface area (Å²) in [5, 5.41) is 2.48. The summed E-state index contributed by atoms with van der Waals surface area (Å²) in [6, 6.07) is 0. The van der Waals surface area contributed by atoms with E-state index in [0.717, 1.165) is 19.3 Å². The molecule has 2 aliphatic carbocycles. The zero-order valence-corrected chi connectivity index (χ0v) is 7.67. The number of imide groups is 1. The average Bonchev–Trinajstić information content (AvgIpc) is 2.66. The maximum absolute atomic E-state index is 11.6. The lowest BCUT2D eigenvalue weighted by molar-refractivity contribution is -0.130. The van der Waals surface area contributed by atoms with Crippen molar-refractivity contribution < 1.29 is 9.59 Å². The average molecular weight is 179 g/mol. The van der Waals surface area contributed by atoms with Gasteiger partial charge in [-0.1, -0.05) is 0 Å². The number of amides is 2. The van der Waals surface area contributed by atoms with Crippen molar-refractivity contribution in [2.24, 2.45) is 23.2 Å². The molecule has 13 heavy (non-hydrogen) atoms. The number of fused-ring (bicyclic) bond motifs is 5. The fourth-order valence-corrected chi connectivity index (χ4v) is 3.74. The minimum Gasteiger partial charge on any atom is -0.296 e. The molecule has 3 rings (SSSR count). The molecule has 0 aromatic carbocycles. The van der Waals surface area contributed by atoms with Crippen LogP contribution in [0.4, 0.5) is 0 Å². The molecule has 2 bridgehead atoms. The van der Waals surface area contributed by atoms with Gasteiger partial charge in [-0.25, -0.2) is 0 Å². The maximum Gasteiger partial charge on any atom is 0.233 e. The summed E-state index contributed by atoms with van der Waals surface area (Å²) in [6.07, 6.45) is 3.38. The van der Waals surface area contributed by atoms with Crippen molar-refractivity contribution in [3.8, 4) is 0 Å². The van der Waals surface area contributed by atoms with Crippen LogP contribution in [-0.2, 0) is 9.59 Å². The molecule has 0 unspecified atom stereocenters. The van der Waals surface area contributed by atoms with Crippen molar-refractivity contribution in [3.05, 3.63) is 0 Å². The Morgan fingerprint density at radius 2 is 2.15 bits per heavy atom. The molecule has 1 N–H and O–H groups in total. The van der Waals surface area contributed by atoms with Gasteiger partial charge in [-0.15, -0.1) is 0 Å². The maximum atomic E-state index is 11.6. The Balaban J connectivity index is 2.12. The fraction of sp³-hybridized carbons (Fsp3) is 0.800. The Bertz CT molecular complexity index is 312. The van der Waals surface area contributed by atoms with Gasteiger partial charge in [0.2, 0.25) is 11.8 Å². The van der Waals surface area contributed by atoms with Crippen LogP contribution in [0.15, 0.2) is 0 Å². The molecule has 3 nitrogen and oxygen atoms in total. The third-order valence-electron chi connectivity index (χ3n) is 4.45. The van der Waals surface area contributed by atoms with Gasteiger partial charge in [0, 0.05) is 0 Å². The van der Waals surface area contributed by atoms with Crippen LogP contribution in [0.25, 0.3) is 0 Å². The van der Waals surface area contributed by atoms with Crippen LogP contribution in [0, 0.1) is 23.2 Å². The Labute approximate surface area is 76.9 Å². The highest BCUT2D eigenvalue weighted by Crippen LogP contribution is 2.61. The van der Waals surface area contributed by atoms with Gasteiger partial charge in [-0.2, -0.15) is 0 Å². The van der Waals surface area contributed by atoms with E-state index in [1.54, 1.807) is 0 Å². The Morgan fingerprint density at radius 1 is 1.38 bits per heavy atom. The van der Waals surface area contributed by atoms with E-state index in [1.165, 1.54) is 0 Å². The van der Waals surface area contributed by atoms with Crippen molar-refractivity contribution in [1.29, 1.82) is 0 Å². The molecule has 2 saturated carbocycles. The summed E-state index contributed by atoms with van der Waals surface area (Å²) < 4.78 is 0. The second-order valence-corrected chi connectivity index (χ2v) is 4.85. The minimum atomic E-state index is -0.347. The first-order valence-electron chi connectivity index (χ1n) is 4.99. The molecule has 1 heterocycles. The van der Waals surface area contributed by atoms with Gasteiger partial charge in [0.1, 0.15) is 0 Å². The molecular formula is C10H13NO2. The molecule has 2 amide bonds. The molecule has 0 aromatic heterocycles. The van der Waals surface area contributed by atoms with Crippen LogP contribution >= 0.6 is 0 Å². The Hall–Kier alpha value is -0.860. The van der Waals surface area contributed by atoms with Crippen molar-refractivity contribution >= 4 is 11.8 Å². The number of carbonyl (C=O) groups is 2. The number of rotatable bonds is 0. The lowest BCUT2D eigenvalue weighted by atomic mass is 9.69. The molecule has 3 fully saturated rings. The van der Waals surface area contributed by atoms with Gasteiger partial charge in [-0.3, -0.25) is 14.9 Å². The summed E-state index contributed by atoms with van der Waals surface area (Å²) in [5.41, 5.74) is -0.347. The lowest BCUT2D eigenvalue weighted by Gasteiger charge is -2.30. The third kappa shape index (κ3) is 0.640. The van der Waals surface area contributed by atoms with Crippen molar-refractivity contribution in [2.45, 2.75) is 26.2 Å². The van der Waals surface area contributed by atoms with E-state index < -0.39 is 0 Å². The Kier molecular flexibility index (Phi) is 1.14. The summed E-state index contributed by atoms with van der Waals surface area (Å²) in [4.78, 5) is 23.2. The normalized spacial score (nSPS) is 52.5. The van der Waals surface area contributed by atoms with Gasteiger partial charge in [0.05, 0.1) is 11.3 Å². The molecule has 1 aliphatic heterocycles. The van der Waals surface area contributed by atoms with Gasteiger partial charge >= 0.3 is 0 Å². The van der Waals surface area contributed by atoms with E-state index in [-0.39, 0.29) is 23.1 Å². The van der Waals surface area contributed by atoms with Crippen LogP contribution in [0.5, 0.6) is 0 Å². The smallest absolute Gasteiger partial charge is 0.233 e. The first-order valence-corrected chi connectivity index (χ1v) is 4.99. The second kappa shape index (κ2) is 1.97. The van der Waals surface area contributed by atoms with Gasteiger partial charge in [0.25, 0.3) is 0 Å². The molecule has 1 saturated heterocycles. The topological polar surface area (TPSA) is 46.2 Å². The molecule has 0 spiro atoms. The van der Waals surface area contributed by atoms with E-state index in [1.807, 2.05) is 6.92 Å². The van der Waals surface area contributed by atoms with Crippen molar-refractivity contribution in [2.75, 3.05) is 0 Å². The fourth-order valence-electron chi connectivity index (χ4n) is 3.74. The van der Waals surface area contributed by atoms with Crippen LogP contribution in [0.3, 0.4) is 0 Å². The zero-order chi connectivity index (χ0) is 9.22. The van der Waals surface area contributed by atoms with Crippen molar-refractivity contribution in [1.82, 2.24) is 5.32 Å². The van der Waals surface area contributed by atoms with Gasteiger partial charge in [0.15, 0.2) is 0 Å². The van der Waals surface area contributed by atoms with E-state index in [0.29, 0.717) is 11.8 Å². The molecule has 0 aromatic rings. The van der Waals surface area contributed by atoms with Crippen molar-refractivity contribution in [3.63, 3.8) is 0 Å². The minimum absolute atomic E-state index is 0.00116. The molecule has 0 radical (unpaired) electrons. The number of hydrogen-bond donors (Lipinski definition) is 1. The quantitative estimate of drug-likeness (QED) is 0.556. The van der Waals surface area contributed by atoms with E-state index in [2.05, 4.69) is 5.32 Å². The molecule has 70 valence electrons. The van der Waals surface area contributed by atoms with E-state index in [9.17, 15) is 9.59 Å². The number of nitrogens with one attached hydrogen (secondary N) is 1. The second-order valence-electron chi connectivity index (χ2n) is 4.85. The zero-order valence-electron chi connectivity index (χ0n) is 7.67. The third-order valence-corrected chi connectivity index (χ3v) is 4.45. The first kappa shape index (κ1) is 7.54. The van der Waals surface area contributed by atoms with Crippen LogP contribution < -0.4 is 5.32 Å². The van der Waals surface area contributed by atoms with Gasteiger partial charge in [-0.05, 0) is 38.0 Å². The molecule has 3 heteroatoms. The summed E-state index contributed by atoms with van der Waals surface area (Å²) in [7, 11) is 0. The molecular weight excluding hydrogens is 166 g/mol. The van der Waals surface area contributed by atoms with Crippen LogP contribution in [0.1, 0.15) is 26.2 Å². The number of carbonyl (C=O) groups excluding carboxylic acids is 2. The Morgan fingerprint density at radius 3 is 2.85 bits per heavy atom. The predicted octanol–water partition coefficient (Wildman–Crippen LogP) is 0.695. The summed E-state index contributed by atoms with van der Waals surface area (Å²) >= 11 is 0. The monoisotopic (exact) mass is 179 g/mol. The largest absolute Gasteiger partial charge is 0.296 e. The first-order chi connectivity index (χ1) is 6.14. The number of hydrogen-bond acceptors (Lipinski definition) is 2. The highest BCUT2D eigenvalue weighted by atomic mass is 16.2. The highest BCUT2D eigenvalue weighted by Gasteiger charge is 2.65. The highest BCUT2D eigenvalue weighted by molar-refractivity contribution is 6.08. The van der Waals surface area contributed by atoms with E-state index in [4.69, 9.17) is 0 Å². The van der Waals surface area contributed by atoms with Gasteiger partial charge < -0.3 is 0 Å². The molecule has 3 aliphatic rings. The SMILES string of the molecule is C[C@@]12C(=O)NC(=O)[C@H]1[C@H]1CC[C@H]2C1. The summed E-state index contributed by atoms with van der Waals surface area (Å²) in [6.45, 7) is 1.97. The van der Waals surface area contributed by atoms with Crippen LogP contribution in [-0.4, -0.2) is 11.8 Å².